The highest BCUT2D eigenvalue weighted by Crippen LogP contribution is 2.37. The topological polar surface area (TPSA) is 43.1 Å². The second kappa shape index (κ2) is 5.66. The van der Waals surface area contributed by atoms with Crippen LogP contribution in [0.25, 0.3) is 0 Å². The van der Waals surface area contributed by atoms with Crippen molar-refractivity contribution >= 4 is 33.4 Å². The predicted octanol–water partition coefficient (Wildman–Crippen LogP) is 4.79. The first-order chi connectivity index (χ1) is 8.97. The molecule has 0 saturated heterocycles. The summed E-state index contributed by atoms with van der Waals surface area (Å²) in [6.45, 7) is 0. The molecule has 2 aromatic carbocycles. The molecule has 3 nitrogen and oxygen atoms in total. The molecule has 0 unspecified atom stereocenters. The maximum absolute atomic E-state index is 13.5. The third kappa shape index (κ3) is 3.30. The first kappa shape index (κ1) is 14.0. The van der Waals surface area contributed by atoms with Gasteiger partial charge in [0.15, 0.2) is 0 Å². The van der Waals surface area contributed by atoms with Crippen LogP contribution >= 0.6 is 27.7 Å². The zero-order valence-electron chi connectivity index (χ0n) is 9.27. The van der Waals surface area contributed by atoms with Crippen LogP contribution in [0.15, 0.2) is 50.7 Å². The van der Waals surface area contributed by atoms with Gasteiger partial charge in [0.25, 0.3) is 5.69 Å². The second-order valence-electron chi connectivity index (χ2n) is 3.55. The lowest BCUT2D eigenvalue weighted by Crippen LogP contribution is -1.91. The first-order valence-corrected chi connectivity index (χ1v) is 6.65. The molecule has 2 aromatic rings. The maximum Gasteiger partial charge on any atom is 0.284 e. The van der Waals surface area contributed by atoms with Crippen LogP contribution in [-0.4, -0.2) is 4.92 Å². The van der Waals surface area contributed by atoms with Gasteiger partial charge in [0, 0.05) is 21.5 Å². The molecular weight excluding hydrogens is 340 g/mol. The lowest BCUT2D eigenvalue weighted by Gasteiger charge is -2.04. The van der Waals surface area contributed by atoms with E-state index in [2.05, 4.69) is 15.9 Å². The summed E-state index contributed by atoms with van der Waals surface area (Å²) in [5, 5.41) is 10.9. The molecule has 0 spiro atoms. The summed E-state index contributed by atoms with van der Waals surface area (Å²) < 4.78 is 26.8. The molecule has 0 aliphatic carbocycles. The van der Waals surface area contributed by atoms with Gasteiger partial charge in [0.05, 0.1) is 9.82 Å². The third-order valence-corrected chi connectivity index (χ3v) is 3.84. The standard InChI is InChI=1S/C12H6BrF2NO2S/c13-7-1-3-12(10(5-7)16(17)18)19-11-4-2-8(14)6-9(11)15/h1-6H. The Kier molecular flexibility index (Phi) is 4.16. The molecule has 0 N–H and O–H groups in total. The van der Waals surface area contributed by atoms with Gasteiger partial charge in [-0.15, -0.1) is 0 Å². The fourth-order valence-corrected chi connectivity index (χ4v) is 2.65. The summed E-state index contributed by atoms with van der Waals surface area (Å²) in [4.78, 5) is 10.8. The quantitative estimate of drug-likeness (QED) is 0.593. The average Bonchev–Trinajstić information content (AvgIpc) is 2.34. The van der Waals surface area contributed by atoms with Crippen LogP contribution in [0.5, 0.6) is 0 Å². The van der Waals surface area contributed by atoms with E-state index in [1.807, 2.05) is 0 Å². The highest BCUT2D eigenvalue weighted by molar-refractivity contribution is 9.10. The van der Waals surface area contributed by atoms with E-state index in [0.717, 1.165) is 23.9 Å². The zero-order valence-corrected chi connectivity index (χ0v) is 11.7. The minimum atomic E-state index is -0.748. The maximum atomic E-state index is 13.5. The summed E-state index contributed by atoms with van der Waals surface area (Å²) in [6, 6.07) is 7.57. The van der Waals surface area contributed by atoms with Crippen LogP contribution in [0, 0.1) is 21.7 Å². The van der Waals surface area contributed by atoms with Crippen molar-refractivity contribution in [1.29, 1.82) is 0 Å². The van der Waals surface area contributed by atoms with Crippen molar-refractivity contribution in [2.75, 3.05) is 0 Å². The molecular formula is C12H6BrF2NO2S. The smallest absolute Gasteiger partial charge is 0.258 e. The molecule has 0 aliphatic rings. The van der Waals surface area contributed by atoms with Crippen LogP contribution in [0.4, 0.5) is 14.5 Å². The Labute approximate surface area is 119 Å². The van der Waals surface area contributed by atoms with E-state index in [9.17, 15) is 18.9 Å². The molecule has 0 amide bonds. The fraction of sp³-hybridized carbons (Fsp3) is 0. The van der Waals surface area contributed by atoms with Gasteiger partial charge >= 0.3 is 0 Å². The molecule has 0 atom stereocenters. The molecule has 2 rings (SSSR count). The number of nitro benzene ring substituents is 1. The van der Waals surface area contributed by atoms with E-state index < -0.39 is 16.6 Å². The zero-order chi connectivity index (χ0) is 14.0. The van der Waals surface area contributed by atoms with Gasteiger partial charge in [0.1, 0.15) is 11.6 Å². The van der Waals surface area contributed by atoms with E-state index in [1.54, 1.807) is 6.07 Å². The van der Waals surface area contributed by atoms with Crippen LogP contribution < -0.4 is 0 Å². The molecule has 0 fully saturated rings. The summed E-state index contributed by atoms with van der Waals surface area (Å²) >= 11 is 4.02. The molecule has 0 aliphatic heterocycles. The molecule has 98 valence electrons. The van der Waals surface area contributed by atoms with Gasteiger partial charge in [-0.2, -0.15) is 0 Å². The van der Waals surface area contributed by atoms with E-state index in [-0.39, 0.29) is 10.6 Å². The van der Waals surface area contributed by atoms with E-state index >= 15 is 0 Å². The number of hydrogen-bond donors (Lipinski definition) is 0. The van der Waals surface area contributed by atoms with Gasteiger partial charge in [-0.05, 0) is 24.3 Å². The predicted molar refractivity (Wildman–Crippen MR) is 71.3 cm³/mol. The highest BCUT2D eigenvalue weighted by atomic mass is 79.9. The van der Waals surface area contributed by atoms with E-state index in [0.29, 0.717) is 9.37 Å². The lowest BCUT2D eigenvalue weighted by molar-refractivity contribution is -0.387. The van der Waals surface area contributed by atoms with Crippen molar-refractivity contribution in [1.82, 2.24) is 0 Å². The Morgan fingerprint density at radius 1 is 1.11 bits per heavy atom. The van der Waals surface area contributed by atoms with Gasteiger partial charge in [-0.3, -0.25) is 10.1 Å². The van der Waals surface area contributed by atoms with Crippen LogP contribution in [0.2, 0.25) is 0 Å². The second-order valence-corrected chi connectivity index (χ2v) is 5.55. The Bertz CT molecular complexity index is 652. The highest BCUT2D eigenvalue weighted by Gasteiger charge is 2.17. The molecule has 7 heteroatoms. The van der Waals surface area contributed by atoms with Gasteiger partial charge in [0.2, 0.25) is 0 Å². The first-order valence-electron chi connectivity index (χ1n) is 5.04. The van der Waals surface area contributed by atoms with Crippen LogP contribution in [-0.2, 0) is 0 Å². The monoisotopic (exact) mass is 345 g/mol. The number of nitro groups is 1. The summed E-state index contributed by atoms with van der Waals surface area (Å²) in [5.74, 6) is -1.44. The van der Waals surface area contributed by atoms with E-state index in [1.165, 1.54) is 18.2 Å². The lowest BCUT2D eigenvalue weighted by atomic mass is 10.3. The Balaban J connectivity index is 2.40. The molecule has 0 radical (unpaired) electrons. The molecule has 19 heavy (non-hydrogen) atoms. The summed E-state index contributed by atoms with van der Waals surface area (Å²) in [5.41, 5.74) is -0.136. The van der Waals surface area contributed by atoms with Crippen molar-refractivity contribution < 1.29 is 13.7 Å². The third-order valence-electron chi connectivity index (χ3n) is 2.23. The fourth-order valence-electron chi connectivity index (χ4n) is 1.40. The number of rotatable bonds is 3. The Morgan fingerprint density at radius 2 is 1.79 bits per heavy atom. The minimum Gasteiger partial charge on any atom is -0.258 e. The van der Waals surface area contributed by atoms with Crippen molar-refractivity contribution in [2.45, 2.75) is 9.79 Å². The van der Waals surface area contributed by atoms with Crippen molar-refractivity contribution in [3.05, 3.63) is 62.6 Å². The van der Waals surface area contributed by atoms with Gasteiger partial charge in [-0.1, -0.05) is 27.7 Å². The van der Waals surface area contributed by atoms with Gasteiger partial charge < -0.3 is 0 Å². The summed E-state index contributed by atoms with van der Waals surface area (Å²) in [7, 11) is 0. The molecule has 0 heterocycles. The van der Waals surface area contributed by atoms with Crippen LogP contribution in [0.3, 0.4) is 0 Å². The number of halogens is 3. The SMILES string of the molecule is O=[N+]([O-])c1cc(Br)ccc1Sc1ccc(F)cc1F. The number of nitrogens with zero attached hydrogens (tertiary/aromatic N) is 1. The Morgan fingerprint density at radius 3 is 2.42 bits per heavy atom. The van der Waals surface area contributed by atoms with Crippen molar-refractivity contribution in [2.24, 2.45) is 0 Å². The van der Waals surface area contributed by atoms with E-state index in [4.69, 9.17) is 0 Å². The average molecular weight is 346 g/mol. The van der Waals surface area contributed by atoms with Crippen molar-refractivity contribution in [3.63, 3.8) is 0 Å². The van der Waals surface area contributed by atoms with Gasteiger partial charge in [-0.25, -0.2) is 8.78 Å². The van der Waals surface area contributed by atoms with Crippen LogP contribution in [0.1, 0.15) is 0 Å². The normalized spacial score (nSPS) is 10.5. The van der Waals surface area contributed by atoms with Crippen molar-refractivity contribution in [3.8, 4) is 0 Å². The summed E-state index contributed by atoms with van der Waals surface area (Å²) in [6.07, 6.45) is 0. The number of hydrogen-bond acceptors (Lipinski definition) is 3. The molecule has 0 aromatic heterocycles. The number of benzene rings is 2. The minimum absolute atomic E-state index is 0.131. The Hall–Kier alpha value is -1.47. The molecule has 0 saturated carbocycles. The largest absolute Gasteiger partial charge is 0.284 e. The molecule has 0 bridgehead atoms.